The van der Waals surface area contributed by atoms with Crippen molar-refractivity contribution in [3.63, 3.8) is 0 Å². The van der Waals surface area contributed by atoms with E-state index in [4.69, 9.17) is 0 Å². The summed E-state index contributed by atoms with van der Waals surface area (Å²) in [7, 11) is 0. The molecule has 1 aliphatic carbocycles. The fourth-order valence-electron chi connectivity index (χ4n) is 2.57. The maximum absolute atomic E-state index is 11.9. The second-order valence-electron chi connectivity index (χ2n) is 6.03. The molecule has 1 aromatic carbocycles. The Bertz CT molecular complexity index is 505. The normalized spacial score (nSPS) is 22.5. The van der Waals surface area contributed by atoms with E-state index in [1.807, 2.05) is 19.9 Å². The Morgan fingerprint density at radius 1 is 1.44 bits per heavy atom. The predicted molar refractivity (Wildman–Crippen MR) is 77.1 cm³/mol. The van der Waals surface area contributed by atoms with Gasteiger partial charge in [-0.3, -0.25) is 4.79 Å². The summed E-state index contributed by atoms with van der Waals surface area (Å²) in [6.45, 7) is 3.98. The molecule has 1 aliphatic heterocycles. The summed E-state index contributed by atoms with van der Waals surface area (Å²) in [6.07, 6.45) is 3.96. The molecular formula is C15H18BrNO. The highest BCUT2D eigenvalue weighted by atomic mass is 79.9. The number of anilines is 1. The van der Waals surface area contributed by atoms with Crippen LogP contribution in [-0.2, 0) is 10.2 Å². The monoisotopic (exact) mass is 307 g/mol. The first-order valence-corrected chi connectivity index (χ1v) is 7.50. The van der Waals surface area contributed by atoms with E-state index in [1.165, 1.54) is 24.8 Å². The minimum absolute atomic E-state index is 0.1000. The number of alkyl halides is 1. The number of halogens is 1. The number of rotatable bonds is 3. The summed E-state index contributed by atoms with van der Waals surface area (Å²) < 4.78 is 0. The molecule has 1 fully saturated rings. The molecule has 0 bridgehead atoms. The van der Waals surface area contributed by atoms with E-state index in [2.05, 4.69) is 33.4 Å². The molecule has 1 unspecified atom stereocenters. The summed E-state index contributed by atoms with van der Waals surface area (Å²) in [5.74, 6) is 0.998. The molecule has 96 valence electrons. The number of carbonyl (C=O) groups excluding carboxylic acids is 1. The SMILES string of the molecule is CC1(C)C(=O)Nc2ccc(C(Br)CC3CC3)cc21. The molecule has 1 saturated carbocycles. The summed E-state index contributed by atoms with van der Waals surface area (Å²) in [6, 6.07) is 6.36. The third kappa shape index (κ3) is 1.99. The van der Waals surface area contributed by atoms with Crippen LogP contribution < -0.4 is 5.32 Å². The van der Waals surface area contributed by atoms with Crippen LogP contribution in [0.3, 0.4) is 0 Å². The van der Waals surface area contributed by atoms with Gasteiger partial charge in [-0.05, 0) is 43.4 Å². The van der Waals surface area contributed by atoms with Gasteiger partial charge in [0.25, 0.3) is 0 Å². The van der Waals surface area contributed by atoms with E-state index in [9.17, 15) is 4.79 Å². The molecule has 3 heteroatoms. The Balaban J connectivity index is 1.91. The highest BCUT2D eigenvalue weighted by molar-refractivity contribution is 9.09. The maximum Gasteiger partial charge on any atom is 0.234 e. The highest BCUT2D eigenvalue weighted by Gasteiger charge is 2.38. The Morgan fingerprint density at radius 3 is 2.83 bits per heavy atom. The van der Waals surface area contributed by atoms with Gasteiger partial charge < -0.3 is 5.32 Å². The van der Waals surface area contributed by atoms with Gasteiger partial charge in [-0.25, -0.2) is 0 Å². The molecule has 1 N–H and O–H groups in total. The predicted octanol–water partition coefficient (Wildman–Crippen LogP) is 4.15. The lowest BCUT2D eigenvalue weighted by atomic mass is 9.85. The van der Waals surface area contributed by atoms with Crippen molar-refractivity contribution in [2.75, 3.05) is 5.32 Å². The molecule has 0 aromatic heterocycles. The standard InChI is InChI=1S/C15H18BrNO/c1-15(2)11-8-10(12(16)7-9-3-4-9)5-6-13(11)17-14(15)18/h5-6,8-9,12H,3-4,7H2,1-2H3,(H,17,18). The molecule has 0 spiro atoms. The Kier molecular flexibility index (Phi) is 2.77. The van der Waals surface area contributed by atoms with Crippen LogP contribution >= 0.6 is 15.9 Å². The van der Waals surface area contributed by atoms with Crippen molar-refractivity contribution >= 4 is 27.5 Å². The number of nitrogens with one attached hydrogen (secondary N) is 1. The van der Waals surface area contributed by atoms with Crippen molar-refractivity contribution in [3.05, 3.63) is 29.3 Å². The van der Waals surface area contributed by atoms with Gasteiger partial charge in [0, 0.05) is 10.5 Å². The van der Waals surface area contributed by atoms with E-state index in [1.54, 1.807) is 0 Å². The van der Waals surface area contributed by atoms with Gasteiger partial charge in [0.1, 0.15) is 0 Å². The lowest BCUT2D eigenvalue weighted by molar-refractivity contribution is -0.119. The quantitative estimate of drug-likeness (QED) is 0.835. The van der Waals surface area contributed by atoms with Crippen LogP contribution in [0.2, 0.25) is 0 Å². The lowest BCUT2D eigenvalue weighted by Gasteiger charge is -2.17. The van der Waals surface area contributed by atoms with Crippen LogP contribution in [0.25, 0.3) is 0 Å². The van der Waals surface area contributed by atoms with Crippen LogP contribution in [0.4, 0.5) is 5.69 Å². The van der Waals surface area contributed by atoms with Gasteiger partial charge in [-0.2, -0.15) is 0 Å². The lowest BCUT2D eigenvalue weighted by Crippen LogP contribution is -2.26. The van der Waals surface area contributed by atoms with E-state index < -0.39 is 5.41 Å². The van der Waals surface area contributed by atoms with Gasteiger partial charge in [0.15, 0.2) is 0 Å². The molecule has 1 atom stereocenters. The summed E-state index contributed by atoms with van der Waals surface area (Å²) in [5.41, 5.74) is 2.99. The molecule has 0 saturated heterocycles. The van der Waals surface area contributed by atoms with Gasteiger partial charge in [-0.1, -0.05) is 40.9 Å². The van der Waals surface area contributed by atoms with Gasteiger partial charge >= 0.3 is 0 Å². The summed E-state index contributed by atoms with van der Waals surface area (Å²) in [5, 5.41) is 2.95. The molecule has 0 radical (unpaired) electrons. The molecule has 1 aromatic rings. The topological polar surface area (TPSA) is 29.1 Å². The van der Waals surface area contributed by atoms with Gasteiger partial charge in [0.2, 0.25) is 5.91 Å². The Morgan fingerprint density at radius 2 is 2.17 bits per heavy atom. The number of amides is 1. The highest BCUT2D eigenvalue weighted by Crippen LogP contribution is 2.44. The van der Waals surface area contributed by atoms with Crippen LogP contribution in [0, 0.1) is 5.92 Å². The number of carbonyl (C=O) groups is 1. The van der Waals surface area contributed by atoms with Crippen molar-refractivity contribution in [3.8, 4) is 0 Å². The first-order chi connectivity index (χ1) is 8.48. The first-order valence-electron chi connectivity index (χ1n) is 6.58. The zero-order chi connectivity index (χ0) is 12.9. The van der Waals surface area contributed by atoms with Crippen molar-refractivity contribution in [2.24, 2.45) is 5.92 Å². The minimum Gasteiger partial charge on any atom is -0.325 e. The van der Waals surface area contributed by atoms with E-state index >= 15 is 0 Å². The molecule has 3 rings (SSSR count). The fourth-order valence-corrected chi connectivity index (χ4v) is 3.38. The van der Waals surface area contributed by atoms with Crippen LogP contribution in [0.5, 0.6) is 0 Å². The smallest absolute Gasteiger partial charge is 0.234 e. The molecule has 2 aliphatic rings. The minimum atomic E-state index is -0.405. The van der Waals surface area contributed by atoms with E-state index in [0.29, 0.717) is 4.83 Å². The Hall–Kier alpha value is -0.830. The second-order valence-corrected chi connectivity index (χ2v) is 7.14. The van der Waals surface area contributed by atoms with E-state index in [0.717, 1.165) is 17.2 Å². The zero-order valence-corrected chi connectivity index (χ0v) is 12.4. The second kappa shape index (κ2) is 4.09. The first kappa shape index (κ1) is 12.2. The van der Waals surface area contributed by atoms with Gasteiger partial charge in [-0.15, -0.1) is 0 Å². The van der Waals surface area contributed by atoms with Crippen molar-refractivity contribution < 1.29 is 4.79 Å². The molecular weight excluding hydrogens is 290 g/mol. The fraction of sp³-hybridized carbons (Fsp3) is 0.533. The van der Waals surface area contributed by atoms with Crippen molar-refractivity contribution in [2.45, 2.75) is 43.4 Å². The third-order valence-electron chi connectivity index (χ3n) is 4.13. The molecule has 1 heterocycles. The maximum atomic E-state index is 11.9. The van der Waals surface area contributed by atoms with Gasteiger partial charge in [0.05, 0.1) is 5.41 Å². The average Bonchev–Trinajstić information content (AvgIpc) is 3.09. The van der Waals surface area contributed by atoms with Crippen LogP contribution in [-0.4, -0.2) is 5.91 Å². The zero-order valence-electron chi connectivity index (χ0n) is 10.8. The van der Waals surface area contributed by atoms with Crippen molar-refractivity contribution in [1.82, 2.24) is 0 Å². The van der Waals surface area contributed by atoms with Crippen molar-refractivity contribution in [1.29, 1.82) is 0 Å². The molecule has 2 nitrogen and oxygen atoms in total. The summed E-state index contributed by atoms with van der Waals surface area (Å²) in [4.78, 5) is 12.3. The largest absolute Gasteiger partial charge is 0.325 e. The van der Waals surface area contributed by atoms with Crippen LogP contribution in [0.15, 0.2) is 18.2 Å². The number of benzene rings is 1. The summed E-state index contributed by atoms with van der Waals surface area (Å²) >= 11 is 3.78. The molecule has 18 heavy (non-hydrogen) atoms. The Labute approximate surface area is 116 Å². The number of hydrogen-bond donors (Lipinski definition) is 1. The average molecular weight is 308 g/mol. The molecule has 1 amide bonds. The number of fused-ring (bicyclic) bond motifs is 1. The van der Waals surface area contributed by atoms with Crippen LogP contribution in [0.1, 0.15) is 49.1 Å². The van der Waals surface area contributed by atoms with E-state index in [-0.39, 0.29) is 5.91 Å². The number of hydrogen-bond acceptors (Lipinski definition) is 1. The third-order valence-corrected chi connectivity index (χ3v) is 5.03.